The molecule has 0 saturated carbocycles. The first-order valence-electron chi connectivity index (χ1n) is 2.29. The van der Waals surface area contributed by atoms with Crippen LogP contribution in [0.1, 0.15) is 0 Å². The summed E-state index contributed by atoms with van der Waals surface area (Å²) in [5, 5.41) is 0. The van der Waals surface area contributed by atoms with E-state index in [9.17, 15) is 0 Å². The molecule has 0 radical (unpaired) electrons. The predicted octanol–water partition coefficient (Wildman–Crippen LogP) is -0.267. The Morgan fingerprint density at radius 3 is 2.88 bits per heavy atom. The lowest BCUT2D eigenvalue weighted by molar-refractivity contribution is -0.532. The standard InChI is InChI=1S/C5H10N2O/c1-3-8-5-7(2)4-6/h3-4,6H,1,5H2,2H3/p+1. The van der Waals surface area contributed by atoms with Gasteiger partial charge in [-0.25, -0.2) is 4.58 Å². The van der Waals surface area contributed by atoms with Crippen molar-refractivity contribution in [3.63, 3.8) is 0 Å². The highest BCUT2D eigenvalue weighted by molar-refractivity contribution is 5.44. The third kappa shape index (κ3) is 3.21. The number of nitrogens with zero attached hydrogens (tertiary/aromatic N) is 1. The molecule has 46 valence electrons. The summed E-state index contributed by atoms with van der Waals surface area (Å²) in [6.07, 6.45) is 2.81. The van der Waals surface area contributed by atoms with Gasteiger partial charge in [0.2, 0.25) is 13.1 Å². The summed E-state index contributed by atoms with van der Waals surface area (Å²) in [5.74, 6) is 0. The molecule has 3 nitrogen and oxygen atoms in total. The molecule has 0 amide bonds. The monoisotopic (exact) mass is 115 g/mol. The average molecular weight is 115 g/mol. The van der Waals surface area contributed by atoms with Gasteiger partial charge in [0.05, 0.1) is 13.3 Å². The van der Waals surface area contributed by atoms with Gasteiger partial charge in [-0.15, -0.1) is 0 Å². The third-order valence-corrected chi connectivity index (χ3v) is 0.651. The molecule has 0 aromatic heterocycles. The van der Waals surface area contributed by atoms with Crippen molar-refractivity contribution in [1.29, 1.82) is 0 Å². The lowest BCUT2D eigenvalue weighted by atomic mass is 11.0. The van der Waals surface area contributed by atoms with Crippen LogP contribution in [-0.2, 0) is 4.74 Å². The van der Waals surface area contributed by atoms with E-state index >= 15 is 0 Å². The highest BCUT2D eigenvalue weighted by Gasteiger charge is 1.82. The predicted molar refractivity (Wildman–Crippen MR) is 32.6 cm³/mol. The molecule has 0 saturated heterocycles. The summed E-state index contributed by atoms with van der Waals surface area (Å²) < 4.78 is 6.46. The van der Waals surface area contributed by atoms with Crippen molar-refractivity contribution in [2.75, 3.05) is 13.8 Å². The first-order valence-corrected chi connectivity index (χ1v) is 2.29. The molecule has 0 aromatic rings. The fourth-order valence-corrected chi connectivity index (χ4v) is 0.213. The fourth-order valence-electron chi connectivity index (χ4n) is 0.213. The van der Waals surface area contributed by atoms with Crippen molar-refractivity contribution in [2.24, 2.45) is 5.73 Å². The Balaban J connectivity index is 3.24. The van der Waals surface area contributed by atoms with Crippen molar-refractivity contribution >= 4 is 6.34 Å². The van der Waals surface area contributed by atoms with Crippen LogP contribution in [0.25, 0.3) is 0 Å². The molecule has 0 aliphatic carbocycles. The lowest BCUT2D eigenvalue weighted by Gasteiger charge is -1.95. The number of ether oxygens (including phenoxy) is 1. The Morgan fingerprint density at radius 1 is 1.88 bits per heavy atom. The minimum Gasteiger partial charge on any atom is -0.463 e. The van der Waals surface area contributed by atoms with Gasteiger partial charge in [0.1, 0.15) is 0 Å². The molecule has 0 unspecified atom stereocenters. The number of hydrogen-bond donors (Lipinski definition) is 1. The second-order valence-electron chi connectivity index (χ2n) is 1.37. The summed E-state index contributed by atoms with van der Waals surface area (Å²) in [4.78, 5) is 0. The molecular weight excluding hydrogens is 104 g/mol. The van der Waals surface area contributed by atoms with Crippen LogP contribution in [0, 0.1) is 0 Å². The summed E-state index contributed by atoms with van der Waals surface area (Å²) in [7, 11) is 1.81. The van der Waals surface area contributed by atoms with Crippen molar-refractivity contribution < 1.29 is 9.31 Å². The van der Waals surface area contributed by atoms with E-state index in [4.69, 9.17) is 10.5 Å². The maximum absolute atomic E-state index is 5.10. The van der Waals surface area contributed by atoms with Gasteiger partial charge in [0.25, 0.3) is 0 Å². The molecule has 3 heteroatoms. The molecule has 0 spiro atoms. The van der Waals surface area contributed by atoms with Crippen LogP contribution < -0.4 is 5.73 Å². The van der Waals surface area contributed by atoms with E-state index in [2.05, 4.69) is 6.58 Å². The summed E-state index contributed by atoms with van der Waals surface area (Å²) >= 11 is 0. The number of hydrogen-bond acceptors (Lipinski definition) is 1. The van der Waals surface area contributed by atoms with E-state index in [1.807, 2.05) is 7.05 Å². The summed E-state index contributed by atoms with van der Waals surface area (Å²) in [5.41, 5.74) is 5.10. The van der Waals surface area contributed by atoms with Crippen LogP contribution in [0.15, 0.2) is 12.8 Å². The zero-order valence-corrected chi connectivity index (χ0v) is 5.00. The SMILES string of the molecule is C=COC/[N+](C)=C\N. The van der Waals surface area contributed by atoms with Gasteiger partial charge in [0, 0.05) is 0 Å². The zero-order chi connectivity index (χ0) is 6.41. The van der Waals surface area contributed by atoms with Gasteiger partial charge in [-0.05, 0) is 0 Å². The molecule has 0 aliphatic rings. The van der Waals surface area contributed by atoms with E-state index in [0.717, 1.165) is 0 Å². The molecule has 2 N–H and O–H groups in total. The Kier molecular flexibility index (Phi) is 3.66. The third-order valence-electron chi connectivity index (χ3n) is 0.651. The van der Waals surface area contributed by atoms with Crippen LogP contribution >= 0.6 is 0 Å². The Bertz CT molecular complexity index is 98.6. The number of nitrogens with two attached hydrogens (primary N) is 1. The highest BCUT2D eigenvalue weighted by Crippen LogP contribution is 1.70. The van der Waals surface area contributed by atoms with E-state index in [1.54, 1.807) is 4.58 Å². The van der Waals surface area contributed by atoms with E-state index in [0.29, 0.717) is 6.73 Å². The second kappa shape index (κ2) is 4.18. The van der Waals surface area contributed by atoms with Gasteiger partial charge in [0.15, 0.2) is 0 Å². The van der Waals surface area contributed by atoms with Crippen LogP contribution in [0.2, 0.25) is 0 Å². The molecule has 0 aromatic carbocycles. The van der Waals surface area contributed by atoms with E-state index in [-0.39, 0.29) is 0 Å². The topological polar surface area (TPSA) is 38.3 Å². The lowest BCUT2D eigenvalue weighted by Crippen LogP contribution is -2.14. The smallest absolute Gasteiger partial charge is 0.232 e. The maximum Gasteiger partial charge on any atom is 0.232 e. The zero-order valence-electron chi connectivity index (χ0n) is 5.00. The Labute approximate surface area is 49.1 Å². The Morgan fingerprint density at radius 2 is 2.50 bits per heavy atom. The molecule has 0 fully saturated rings. The molecule has 0 bridgehead atoms. The Hall–Kier alpha value is -0.990. The molecule has 8 heavy (non-hydrogen) atoms. The van der Waals surface area contributed by atoms with Crippen molar-refractivity contribution in [3.05, 3.63) is 12.8 Å². The van der Waals surface area contributed by atoms with Gasteiger partial charge >= 0.3 is 0 Å². The summed E-state index contributed by atoms with van der Waals surface area (Å²) in [6.45, 7) is 3.82. The van der Waals surface area contributed by atoms with Crippen LogP contribution in [0.5, 0.6) is 0 Å². The minimum atomic E-state index is 0.458. The van der Waals surface area contributed by atoms with E-state index < -0.39 is 0 Å². The quantitative estimate of drug-likeness (QED) is 0.181. The molecule has 0 heterocycles. The van der Waals surface area contributed by atoms with Gasteiger partial charge in [-0.1, -0.05) is 6.58 Å². The minimum absolute atomic E-state index is 0.458. The second-order valence-corrected chi connectivity index (χ2v) is 1.37. The van der Waals surface area contributed by atoms with Crippen molar-refractivity contribution in [1.82, 2.24) is 0 Å². The fraction of sp³-hybridized carbons (Fsp3) is 0.400. The van der Waals surface area contributed by atoms with Gasteiger partial charge < -0.3 is 4.74 Å². The highest BCUT2D eigenvalue weighted by atomic mass is 16.5. The molecule has 0 aliphatic heterocycles. The van der Waals surface area contributed by atoms with Crippen LogP contribution in [0.4, 0.5) is 0 Å². The molecule has 0 atom stereocenters. The first kappa shape index (κ1) is 7.01. The molecule has 0 rings (SSSR count). The normalized spacial score (nSPS) is 10.9. The van der Waals surface area contributed by atoms with Crippen LogP contribution in [0.3, 0.4) is 0 Å². The molecular formula is C5H11N2O+. The number of rotatable bonds is 3. The van der Waals surface area contributed by atoms with Crippen molar-refractivity contribution in [2.45, 2.75) is 0 Å². The van der Waals surface area contributed by atoms with Gasteiger partial charge in [-0.2, -0.15) is 0 Å². The largest absolute Gasteiger partial charge is 0.463 e. The maximum atomic E-state index is 5.10. The van der Waals surface area contributed by atoms with E-state index in [1.165, 1.54) is 12.6 Å². The van der Waals surface area contributed by atoms with Crippen molar-refractivity contribution in [3.8, 4) is 0 Å². The van der Waals surface area contributed by atoms with Crippen LogP contribution in [-0.4, -0.2) is 24.7 Å². The van der Waals surface area contributed by atoms with Gasteiger partial charge in [-0.3, -0.25) is 5.73 Å². The first-order chi connectivity index (χ1) is 3.81. The average Bonchev–Trinajstić information content (AvgIpc) is 1.83. The summed E-state index contributed by atoms with van der Waals surface area (Å²) in [6, 6.07) is 0.